The molecule has 1 atom stereocenters. The van der Waals surface area contributed by atoms with Crippen molar-refractivity contribution in [1.82, 2.24) is 14.7 Å². The van der Waals surface area contributed by atoms with Crippen molar-refractivity contribution in [2.45, 2.75) is 32.9 Å². The van der Waals surface area contributed by atoms with Gasteiger partial charge in [0.25, 0.3) is 0 Å². The minimum absolute atomic E-state index is 0.484. The van der Waals surface area contributed by atoms with Gasteiger partial charge in [0.15, 0.2) is 0 Å². The summed E-state index contributed by atoms with van der Waals surface area (Å²) in [6, 6.07) is 17.6. The molecule has 1 aliphatic rings. The zero-order chi connectivity index (χ0) is 18.8. The van der Waals surface area contributed by atoms with Crippen LogP contribution in [-0.2, 0) is 11.3 Å². The maximum Gasteiger partial charge on any atom is 0.0972 e. The lowest BCUT2D eigenvalue weighted by molar-refractivity contribution is 0.156. The van der Waals surface area contributed by atoms with Gasteiger partial charge >= 0.3 is 0 Å². The minimum atomic E-state index is 0.484. The molecule has 4 nitrogen and oxygen atoms in total. The second-order valence-corrected chi connectivity index (χ2v) is 7.59. The van der Waals surface area contributed by atoms with E-state index in [1.54, 1.807) is 0 Å². The summed E-state index contributed by atoms with van der Waals surface area (Å²) in [5.41, 5.74) is 7.08. The first-order valence-electron chi connectivity index (χ1n) is 9.61. The second kappa shape index (κ2) is 7.67. The van der Waals surface area contributed by atoms with E-state index in [0.717, 1.165) is 37.6 Å². The van der Waals surface area contributed by atoms with Gasteiger partial charge in [-0.1, -0.05) is 41.5 Å². The van der Waals surface area contributed by atoms with Gasteiger partial charge in [0.05, 0.1) is 18.0 Å². The topological polar surface area (TPSA) is 30.3 Å². The Labute approximate surface area is 161 Å². The van der Waals surface area contributed by atoms with E-state index in [2.05, 4.69) is 80.5 Å². The first-order valence-corrected chi connectivity index (χ1v) is 9.61. The molecule has 1 aliphatic heterocycles. The summed E-state index contributed by atoms with van der Waals surface area (Å²) in [6.45, 7) is 6.78. The molecule has 4 heteroatoms. The number of hydrogen-bond acceptors (Lipinski definition) is 3. The van der Waals surface area contributed by atoms with Crippen LogP contribution in [0.5, 0.6) is 0 Å². The van der Waals surface area contributed by atoms with Crippen LogP contribution in [0.2, 0.25) is 0 Å². The molecule has 0 N–H and O–H groups in total. The third-order valence-corrected chi connectivity index (χ3v) is 5.33. The van der Waals surface area contributed by atoms with Crippen LogP contribution >= 0.6 is 0 Å². The van der Waals surface area contributed by atoms with Crippen LogP contribution in [0.4, 0.5) is 0 Å². The summed E-state index contributed by atoms with van der Waals surface area (Å²) in [7, 11) is 2.18. The molecule has 1 saturated heterocycles. The fourth-order valence-electron chi connectivity index (χ4n) is 3.66. The lowest BCUT2D eigenvalue weighted by Gasteiger charge is -2.22. The molecule has 0 radical (unpaired) electrons. The van der Waals surface area contributed by atoms with Gasteiger partial charge in [-0.05, 0) is 45.5 Å². The van der Waals surface area contributed by atoms with E-state index in [4.69, 9.17) is 9.84 Å². The van der Waals surface area contributed by atoms with Crippen molar-refractivity contribution in [3.8, 4) is 16.9 Å². The van der Waals surface area contributed by atoms with Crippen molar-refractivity contribution >= 4 is 0 Å². The Morgan fingerprint density at radius 3 is 2.63 bits per heavy atom. The summed E-state index contributed by atoms with van der Waals surface area (Å²) in [4.78, 5) is 2.39. The first-order chi connectivity index (χ1) is 13.1. The number of ether oxygens (including phenoxy) is 1. The highest BCUT2D eigenvalue weighted by Crippen LogP contribution is 2.27. The molecular weight excluding hydrogens is 334 g/mol. The van der Waals surface area contributed by atoms with Crippen LogP contribution in [0.15, 0.2) is 54.7 Å². The lowest BCUT2D eigenvalue weighted by Crippen LogP contribution is -2.31. The third kappa shape index (κ3) is 3.97. The van der Waals surface area contributed by atoms with Gasteiger partial charge in [-0.2, -0.15) is 5.10 Å². The SMILES string of the molecule is Cc1ccc(-n2cc(CN(C)C3CCOC3)c(-c3cccc(C)c3)n2)cc1. The number of hydrogen-bond donors (Lipinski definition) is 0. The normalized spacial score (nSPS) is 17.0. The largest absolute Gasteiger partial charge is 0.380 e. The maximum absolute atomic E-state index is 5.57. The fourth-order valence-corrected chi connectivity index (χ4v) is 3.66. The Morgan fingerprint density at radius 1 is 1.11 bits per heavy atom. The Kier molecular flexibility index (Phi) is 5.10. The second-order valence-electron chi connectivity index (χ2n) is 7.59. The highest BCUT2D eigenvalue weighted by molar-refractivity contribution is 5.64. The lowest BCUT2D eigenvalue weighted by atomic mass is 10.1. The summed E-state index contributed by atoms with van der Waals surface area (Å²) < 4.78 is 7.58. The predicted molar refractivity (Wildman–Crippen MR) is 109 cm³/mol. The van der Waals surface area contributed by atoms with E-state index in [0.29, 0.717) is 6.04 Å². The molecule has 27 heavy (non-hydrogen) atoms. The predicted octanol–water partition coefficient (Wildman–Crippen LogP) is 4.38. The molecule has 2 aromatic carbocycles. The van der Waals surface area contributed by atoms with Crippen molar-refractivity contribution < 1.29 is 4.74 Å². The Balaban J connectivity index is 1.71. The van der Waals surface area contributed by atoms with E-state index < -0.39 is 0 Å². The smallest absolute Gasteiger partial charge is 0.0972 e. The molecule has 1 fully saturated rings. The van der Waals surface area contributed by atoms with E-state index in [1.165, 1.54) is 22.3 Å². The van der Waals surface area contributed by atoms with Crippen LogP contribution in [0.1, 0.15) is 23.1 Å². The molecule has 0 amide bonds. The van der Waals surface area contributed by atoms with Gasteiger partial charge in [0, 0.05) is 36.5 Å². The first kappa shape index (κ1) is 18.0. The third-order valence-electron chi connectivity index (χ3n) is 5.33. The van der Waals surface area contributed by atoms with Crippen LogP contribution in [-0.4, -0.2) is 41.0 Å². The zero-order valence-corrected chi connectivity index (χ0v) is 16.4. The number of likely N-dealkylation sites (N-methyl/N-ethyl adjacent to an activating group) is 1. The van der Waals surface area contributed by atoms with Crippen LogP contribution in [0.3, 0.4) is 0 Å². The maximum atomic E-state index is 5.57. The van der Waals surface area contributed by atoms with Gasteiger partial charge in [-0.15, -0.1) is 0 Å². The molecule has 0 aliphatic carbocycles. The quantitative estimate of drug-likeness (QED) is 0.676. The summed E-state index contributed by atoms with van der Waals surface area (Å²) in [5.74, 6) is 0. The zero-order valence-electron chi connectivity index (χ0n) is 16.4. The monoisotopic (exact) mass is 361 g/mol. The van der Waals surface area contributed by atoms with Crippen molar-refractivity contribution in [2.24, 2.45) is 0 Å². The number of benzene rings is 2. The van der Waals surface area contributed by atoms with Gasteiger partial charge in [0.1, 0.15) is 0 Å². The molecule has 0 saturated carbocycles. The standard InChI is InChI=1S/C23H27N3O/c1-17-7-9-21(10-8-17)26-15-20(14-25(3)22-11-12-27-16-22)23(24-26)19-6-4-5-18(2)13-19/h4-10,13,15,22H,11-12,14,16H2,1-3H3. The van der Waals surface area contributed by atoms with E-state index >= 15 is 0 Å². The molecule has 3 aromatic rings. The van der Waals surface area contributed by atoms with Gasteiger partial charge in [0.2, 0.25) is 0 Å². The Morgan fingerprint density at radius 2 is 1.93 bits per heavy atom. The number of aromatic nitrogens is 2. The van der Waals surface area contributed by atoms with Gasteiger partial charge < -0.3 is 4.74 Å². The average Bonchev–Trinajstić information content (AvgIpc) is 3.32. The van der Waals surface area contributed by atoms with Crippen molar-refractivity contribution in [1.29, 1.82) is 0 Å². The molecular formula is C23H27N3O. The van der Waals surface area contributed by atoms with Crippen LogP contribution < -0.4 is 0 Å². The molecule has 0 bridgehead atoms. The van der Waals surface area contributed by atoms with E-state index in [9.17, 15) is 0 Å². The fraction of sp³-hybridized carbons (Fsp3) is 0.348. The molecule has 4 rings (SSSR count). The van der Waals surface area contributed by atoms with Gasteiger partial charge in [-0.25, -0.2) is 4.68 Å². The van der Waals surface area contributed by atoms with Crippen molar-refractivity contribution in [3.05, 3.63) is 71.4 Å². The van der Waals surface area contributed by atoms with Crippen molar-refractivity contribution in [3.63, 3.8) is 0 Å². The highest BCUT2D eigenvalue weighted by atomic mass is 16.5. The molecule has 1 unspecified atom stereocenters. The summed E-state index contributed by atoms with van der Waals surface area (Å²) >= 11 is 0. The van der Waals surface area contributed by atoms with Crippen molar-refractivity contribution in [2.75, 3.05) is 20.3 Å². The number of aryl methyl sites for hydroxylation is 2. The minimum Gasteiger partial charge on any atom is -0.380 e. The summed E-state index contributed by atoms with van der Waals surface area (Å²) in [6.07, 6.45) is 3.27. The summed E-state index contributed by atoms with van der Waals surface area (Å²) in [5, 5.41) is 4.96. The van der Waals surface area contributed by atoms with Crippen LogP contribution in [0, 0.1) is 13.8 Å². The highest BCUT2D eigenvalue weighted by Gasteiger charge is 2.22. The molecule has 140 valence electrons. The van der Waals surface area contributed by atoms with Crippen LogP contribution in [0.25, 0.3) is 16.9 Å². The molecule has 2 heterocycles. The van der Waals surface area contributed by atoms with Gasteiger partial charge in [-0.3, -0.25) is 4.90 Å². The average molecular weight is 361 g/mol. The Bertz CT molecular complexity index is 908. The Hall–Kier alpha value is -2.43. The number of nitrogens with zero attached hydrogens (tertiary/aromatic N) is 3. The molecule has 0 spiro atoms. The van der Waals surface area contributed by atoms with E-state index in [1.807, 2.05) is 4.68 Å². The molecule has 1 aromatic heterocycles. The number of rotatable bonds is 5. The van der Waals surface area contributed by atoms with E-state index in [-0.39, 0.29) is 0 Å².